The highest BCUT2D eigenvalue weighted by atomic mass is 32.1. The van der Waals surface area contributed by atoms with Crippen molar-refractivity contribution >= 4 is 191 Å². The number of fused-ring (bicyclic) bond motifs is 16. The van der Waals surface area contributed by atoms with Gasteiger partial charge in [0.2, 0.25) is 0 Å². The van der Waals surface area contributed by atoms with Crippen molar-refractivity contribution in [2.24, 2.45) is 0 Å². The summed E-state index contributed by atoms with van der Waals surface area (Å²) in [6, 6.07) is 112. The minimum atomic E-state index is 0.0811. The molecule has 0 saturated carbocycles. The molecule has 0 aliphatic carbocycles. The van der Waals surface area contributed by atoms with Crippen molar-refractivity contribution in [2.45, 2.75) is 122 Å². The van der Waals surface area contributed by atoms with Crippen molar-refractivity contribution in [3.8, 4) is 89.0 Å². The lowest BCUT2D eigenvalue weighted by molar-refractivity contribution is 0.590. The summed E-state index contributed by atoms with van der Waals surface area (Å²) in [7, 11) is 0. The van der Waals surface area contributed by atoms with Crippen molar-refractivity contribution < 1.29 is 0 Å². The van der Waals surface area contributed by atoms with Crippen LogP contribution >= 0.6 is 45.3 Å². The van der Waals surface area contributed by atoms with Gasteiger partial charge in [-0.05, 0) is 352 Å². The molecule has 0 amide bonds. The van der Waals surface area contributed by atoms with Gasteiger partial charge in [0.15, 0.2) is 0 Å². The molecule has 20 aromatic carbocycles. The van der Waals surface area contributed by atoms with Crippen LogP contribution in [0.2, 0.25) is 0 Å². The predicted octanol–water partition coefficient (Wildman–Crippen LogP) is 37.7. The highest BCUT2D eigenvalue weighted by Crippen LogP contribution is 2.58. The molecule has 0 unspecified atom stereocenters. The zero-order chi connectivity index (χ0) is 86.1. The molecule has 0 N–H and O–H groups in total. The highest BCUT2D eigenvalue weighted by Gasteiger charge is 2.30. The van der Waals surface area contributed by atoms with Crippen LogP contribution in [0.1, 0.15) is 108 Å². The summed E-state index contributed by atoms with van der Waals surface area (Å²) in [4.78, 5) is 0. The van der Waals surface area contributed by atoms with Crippen molar-refractivity contribution in [1.82, 2.24) is 0 Å². The second-order valence-electron chi connectivity index (χ2n) is 38.2. The highest BCUT2D eigenvalue weighted by molar-refractivity contribution is 7.28. The molecular formula is C122H96S4. The predicted molar refractivity (Wildman–Crippen MR) is 560 cm³/mol. The molecular weight excluding hydrogens is 1590 g/mol. The van der Waals surface area contributed by atoms with Crippen LogP contribution in [-0.4, -0.2) is 0 Å². The molecule has 0 radical (unpaired) electrons. The Labute approximate surface area is 753 Å². The molecule has 4 heteroatoms. The van der Waals surface area contributed by atoms with Crippen LogP contribution in [0.3, 0.4) is 0 Å². The number of rotatable bonds is 8. The number of hydrogen-bond acceptors (Lipinski definition) is 4. The van der Waals surface area contributed by atoms with Crippen LogP contribution in [0, 0.1) is 69.2 Å². The first-order valence-corrected chi connectivity index (χ1v) is 47.7. The minimum Gasteiger partial charge on any atom is -0.135 e. The van der Waals surface area contributed by atoms with Gasteiger partial charge in [-0.3, -0.25) is 0 Å². The normalized spacial score (nSPS) is 12.4. The monoisotopic (exact) mass is 1690 g/mol. The van der Waals surface area contributed by atoms with Gasteiger partial charge in [0.25, 0.3) is 0 Å². The fraction of sp³-hybridized carbons (Fsp3) is 0.148. The van der Waals surface area contributed by atoms with Crippen molar-refractivity contribution in [3.63, 3.8) is 0 Å². The van der Waals surface area contributed by atoms with Gasteiger partial charge in [-0.15, -0.1) is 45.3 Å². The van der Waals surface area contributed by atoms with Gasteiger partial charge in [0.1, 0.15) is 0 Å². The van der Waals surface area contributed by atoms with Gasteiger partial charge in [-0.25, -0.2) is 0 Å². The molecule has 0 saturated heterocycles. The fourth-order valence-corrected chi connectivity index (χ4v) is 26.7. The first-order chi connectivity index (χ1) is 60.8. The average molecular weight is 1690 g/mol. The third-order valence-electron chi connectivity index (χ3n) is 28.1. The third-order valence-corrected chi connectivity index (χ3v) is 32.9. The van der Waals surface area contributed by atoms with Crippen LogP contribution in [-0.2, 0) is 10.8 Å². The Bertz CT molecular complexity index is 8190. The molecule has 0 aliphatic heterocycles. The van der Waals surface area contributed by atoms with E-state index >= 15 is 0 Å². The molecule has 0 atom stereocenters. The Hall–Kier alpha value is -12.6. The van der Waals surface area contributed by atoms with Gasteiger partial charge in [0, 0.05) is 102 Å². The van der Waals surface area contributed by atoms with E-state index in [1.807, 2.05) is 45.3 Å². The van der Waals surface area contributed by atoms with Crippen LogP contribution in [0.25, 0.3) is 234 Å². The SMILES string of the molecule is Cc1cccc(C)c1-c1cc2c3sc4cc(-c5cccc(C(C)(C)C)c5)ccc4c3cc3c(-c4c(C)cccc4C)cc4c5sc6cc(-c7cccc(C(C)(C)C)c7)ccc6c5cc1c4c32.Cc1ccccc1-c1cc2c3sc4cc(-c5c(C)cccc5C)ccc4c3cc3c(-c4ccccc4C)cc4c5sc6cc(-c7c(C)cccc7C)ccc6c5cc1c4c32. The van der Waals surface area contributed by atoms with E-state index in [0.29, 0.717) is 0 Å². The Kier molecular flexibility index (Phi) is 18.0. The molecule has 4 heterocycles. The van der Waals surface area contributed by atoms with E-state index in [4.69, 9.17) is 0 Å². The van der Waals surface area contributed by atoms with Gasteiger partial charge >= 0.3 is 0 Å². The number of aryl methyl sites for hydroxylation is 10. The van der Waals surface area contributed by atoms with Gasteiger partial charge in [-0.2, -0.15) is 0 Å². The molecule has 0 nitrogen and oxygen atoms in total. The number of benzene rings is 20. The fourth-order valence-electron chi connectivity index (χ4n) is 21.7. The second kappa shape index (κ2) is 29.0. The summed E-state index contributed by atoms with van der Waals surface area (Å²) in [5.74, 6) is 0. The standard InChI is InChI=1S/C64H54S2.C58H42S2/c1-35-15-11-16-36(2)57(35)47-33-53-60-50(32-52-46-26-24-42(30-56(46)65-61(52)53)40-20-14-22-44(28-40)64(8,9)10)48(58-37(3)17-12-18-38(58)4)34-54-59(60)49(47)31-51-45-25-23-41(29-55(45)66-62(51)54)39-19-13-21-43(27-39)63(5,6)7;1-31-13-7-9-19-39(31)43-27-49-56-46(30-48-42-24-22-38(26-52(42)59-57(48)49)54-35(5)17-12-18-36(54)6)44(40-20-10-8-14-32(40)2)28-50-55(56)45(43)29-47-41-23-21-37(25-51(41)60-58(47)50)53-33(3)15-11-16-34(53)4/h11-34H,1-10H3;7-30H,1-6H3. The molecule has 0 spiro atoms. The summed E-state index contributed by atoms with van der Waals surface area (Å²) < 4.78 is 10.8. The van der Waals surface area contributed by atoms with Crippen molar-refractivity contribution in [1.29, 1.82) is 0 Å². The van der Waals surface area contributed by atoms with Crippen LogP contribution in [0.5, 0.6) is 0 Å². The average Bonchev–Trinajstić information content (AvgIpc) is 1.28. The second-order valence-corrected chi connectivity index (χ2v) is 42.4. The molecule has 0 bridgehead atoms. The van der Waals surface area contributed by atoms with Crippen LogP contribution in [0.4, 0.5) is 0 Å². The summed E-state index contributed by atoms with van der Waals surface area (Å²) in [5.41, 5.74) is 36.9. The van der Waals surface area contributed by atoms with Crippen molar-refractivity contribution in [2.75, 3.05) is 0 Å². The van der Waals surface area contributed by atoms with E-state index in [1.165, 1.54) is 301 Å². The minimum absolute atomic E-state index is 0.0811. The maximum Gasteiger partial charge on any atom is 0.0434 e. The topological polar surface area (TPSA) is 0 Å². The zero-order valence-electron chi connectivity index (χ0n) is 74.3. The first kappa shape index (κ1) is 78.1. The Balaban J connectivity index is 0.000000145. The van der Waals surface area contributed by atoms with Crippen LogP contribution in [0.15, 0.2) is 291 Å². The lowest BCUT2D eigenvalue weighted by atomic mass is 9.82. The number of hydrogen-bond donors (Lipinski definition) is 0. The van der Waals surface area contributed by atoms with E-state index in [0.717, 1.165) is 0 Å². The molecule has 0 aliphatic rings. The molecule has 4 aromatic heterocycles. The lowest BCUT2D eigenvalue weighted by Crippen LogP contribution is -2.10. The molecule has 24 aromatic rings. The zero-order valence-corrected chi connectivity index (χ0v) is 77.6. The molecule has 608 valence electrons. The largest absolute Gasteiger partial charge is 0.135 e. The van der Waals surface area contributed by atoms with Gasteiger partial charge < -0.3 is 0 Å². The number of thiophene rings is 4. The summed E-state index contributed by atoms with van der Waals surface area (Å²) in [6.07, 6.45) is 0. The maximum absolute atomic E-state index is 2.58. The Morgan fingerprint density at radius 2 is 0.413 bits per heavy atom. The summed E-state index contributed by atoms with van der Waals surface area (Å²) >= 11 is 7.85. The molecule has 126 heavy (non-hydrogen) atoms. The van der Waals surface area contributed by atoms with E-state index < -0.39 is 0 Å². The van der Waals surface area contributed by atoms with Gasteiger partial charge in [0.05, 0.1) is 0 Å². The third kappa shape index (κ3) is 12.2. The van der Waals surface area contributed by atoms with Crippen molar-refractivity contribution in [3.05, 3.63) is 358 Å². The quantitative estimate of drug-likeness (QED) is 0.133. The molecule has 24 rings (SSSR count). The van der Waals surface area contributed by atoms with E-state index in [1.54, 1.807) is 0 Å². The smallest absolute Gasteiger partial charge is 0.0434 e. The summed E-state index contributed by atoms with van der Waals surface area (Å²) in [6.45, 7) is 36.4. The van der Waals surface area contributed by atoms with E-state index in [-0.39, 0.29) is 10.8 Å². The van der Waals surface area contributed by atoms with E-state index in [9.17, 15) is 0 Å². The Morgan fingerprint density at radius 3 is 0.714 bits per heavy atom. The van der Waals surface area contributed by atoms with Gasteiger partial charge in [-0.1, -0.05) is 260 Å². The van der Waals surface area contributed by atoms with Crippen LogP contribution < -0.4 is 0 Å². The Morgan fingerprint density at radius 1 is 0.167 bits per heavy atom. The first-order valence-electron chi connectivity index (χ1n) is 44.5. The van der Waals surface area contributed by atoms with E-state index in [2.05, 4.69) is 402 Å². The summed E-state index contributed by atoms with van der Waals surface area (Å²) in [5, 5.41) is 26.9. The lowest BCUT2D eigenvalue weighted by Gasteiger charge is -2.22. The molecule has 0 fully saturated rings. The maximum atomic E-state index is 2.58.